The molecule has 0 aromatic heterocycles. The van der Waals surface area contributed by atoms with Crippen LogP contribution in [0, 0.1) is 11.6 Å². The summed E-state index contributed by atoms with van der Waals surface area (Å²) in [7, 11) is 1.52. The Morgan fingerprint density at radius 3 is 2.48 bits per heavy atom. The Morgan fingerprint density at radius 1 is 1.29 bits per heavy atom. The lowest BCUT2D eigenvalue weighted by Gasteiger charge is -2.25. The van der Waals surface area contributed by atoms with Crippen LogP contribution in [0.4, 0.5) is 14.5 Å². The highest BCUT2D eigenvalue weighted by Gasteiger charge is 2.21. The third kappa shape index (κ3) is 4.62. The molecule has 0 saturated heterocycles. The summed E-state index contributed by atoms with van der Waals surface area (Å²) in [5.74, 6) is -1.21. The number of hydrogen-bond acceptors (Lipinski definition) is 4. The molecule has 0 radical (unpaired) electrons. The highest BCUT2D eigenvalue weighted by atomic mass is 19.1. The molecule has 0 aliphatic heterocycles. The molecule has 4 nitrogen and oxygen atoms in total. The fraction of sp³-hybridized carbons (Fsp3) is 0.600. The van der Waals surface area contributed by atoms with Gasteiger partial charge < -0.3 is 20.1 Å². The van der Waals surface area contributed by atoms with Crippen LogP contribution in [0.25, 0.3) is 0 Å². The number of halogens is 2. The highest BCUT2D eigenvalue weighted by Crippen LogP contribution is 2.26. The van der Waals surface area contributed by atoms with Gasteiger partial charge in [0.05, 0.1) is 13.2 Å². The predicted octanol–water partition coefficient (Wildman–Crippen LogP) is 1.66. The molecule has 1 aliphatic carbocycles. The van der Waals surface area contributed by atoms with Gasteiger partial charge in [-0.25, -0.2) is 8.78 Å². The Labute approximate surface area is 123 Å². The third-order valence-corrected chi connectivity index (χ3v) is 3.50. The zero-order valence-corrected chi connectivity index (χ0v) is 12.2. The van der Waals surface area contributed by atoms with Gasteiger partial charge in [-0.1, -0.05) is 0 Å². The minimum atomic E-state index is -0.604. The van der Waals surface area contributed by atoms with Gasteiger partial charge in [0.15, 0.2) is 0 Å². The van der Waals surface area contributed by atoms with Gasteiger partial charge in [0.1, 0.15) is 17.3 Å². The monoisotopic (exact) mass is 300 g/mol. The fourth-order valence-corrected chi connectivity index (χ4v) is 2.23. The van der Waals surface area contributed by atoms with E-state index >= 15 is 0 Å². The Balaban J connectivity index is 2.12. The molecule has 0 unspecified atom stereocenters. The summed E-state index contributed by atoms with van der Waals surface area (Å²) in [6, 6.07) is 3.19. The Kier molecular flexibility index (Phi) is 5.90. The molecule has 0 heterocycles. The average molecular weight is 300 g/mol. The van der Waals surface area contributed by atoms with Gasteiger partial charge in [-0.05, 0) is 30.5 Å². The van der Waals surface area contributed by atoms with Crippen molar-refractivity contribution in [2.45, 2.75) is 25.4 Å². The second-order valence-corrected chi connectivity index (χ2v) is 5.27. The van der Waals surface area contributed by atoms with Crippen molar-refractivity contribution in [2.75, 3.05) is 38.3 Å². The van der Waals surface area contributed by atoms with Gasteiger partial charge in [-0.2, -0.15) is 0 Å². The van der Waals surface area contributed by atoms with Crippen molar-refractivity contribution < 1.29 is 18.6 Å². The van der Waals surface area contributed by atoms with Crippen molar-refractivity contribution in [1.82, 2.24) is 5.32 Å². The molecule has 0 amide bonds. The fourth-order valence-electron chi connectivity index (χ4n) is 2.23. The number of hydrogen-bond donors (Lipinski definition) is 2. The first kappa shape index (κ1) is 16.1. The Hall–Kier alpha value is -1.24. The molecule has 6 heteroatoms. The van der Waals surface area contributed by atoms with Crippen LogP contribution in [0.2, 0.25) is 0 Å². The van der Waals surface area contributed by atoms with E-state index < -0.39 is 11.6 Å². The quantitative estimate of drug-likeness (QED) is 0.728. The summed E-state index contributed by atoms with van der Waals surface area (Å²) in [6.45, 7) is 1.12. The number of aliphatic hydroxyl groups is 1. The summed E-state index contributed by atoms with van der Waals surface area (Å²) in [6.07, 6.45) is 2.26. The minimum absolute atomic E-state index is 0.101. The van der Waals surface area contributed by atoms with Crippen LogP contribution in [0.1, 0.15) is 18.4 Å². The van der Waals surface area contributed by atoms with E-state index in [0.717, 1.165) is 12.8 Å². The lowest BCUT2D eigenvalue weighted by atomic mass is 10.1. The number of methoxy groups -OCH3 is 1. The maximum absolute atomic E-state index is 14.2. The van der Waals surface area contributed by atoms with Gasteiger partial charge in [0, 0.05) is 32.8 Å². The van der Waals surface area contributed by atoms with Crippen molar-refractivity contribution in [3.05, 3.63) is 29.3 Å². The van der Waals surface area contributed by atoms with E-state index in [1.165, 1.54) is 24.1 Å². The highest BCUT2D eigenvalue weighted by molar-refractivity contribution is 5.50. The topological polar surface area (TPSA) is 44.7 Å². The lowest BCUT2D eigenvalue weighted by Crippen LogP contribution is -2.32. The molecule has 0 spiro atoms. The van der Waals surface area contributed by atoms with E-state index in [-0.39, 0.29) is 18.8 Å². The maximum atomic E-state index is 14.2. The van der Waals surface area contributed by atoms with Gasteiger partial charge in [0.25, 0.3) is 0 Å². The number of nitrogens with zero attached hydrogens (tertiary/aromatic N) is 1. The van der Waals surface area contributed by atoms with E-state index in [4.69, 9.17) is 9.84 Å². The summed E-state index contributed by atoms with van der Waals surface area (Å²) in [5, 5.41) is 12.3. The second-order valence-electron chi connectivity index (χ2n) is 5.27. The number of anilines is 1. The van der Waals surface area contributed by atoms with E-state index in [1.807, 2.05) is 0 Å². The number of aliphatic hydroxyl groups excluding tert-OH is 1. The molecule has 21 heavy (non-hydrogen) atoms. The van der Waals surface area contributed by atoms with Gasteiger partial charge in [-0.3, -0.25) is 0 Å². The standard InChI is InChI=1S/C15H22F2N2O2/c1-21-7-5-19(4-6-20)15-13(16)8-11(9-14(15)17)10-18-12-2-3-12/h8-9,12,18,20H,2-7,10H2,1H3. The summed E-state index contributed by atoms with van der Waals surface area (Å²) < 4.78 is 33.4. The second kappa shape index (κ2) is 7.68. The van der Waals surface area contributed by atoms with Crippen molar-refractivity contribution in [1.29, 1.82) is 0 Å². The zero-order valence-electron chi connectivity index (χ0n) is 12.2. The van der Waals surface area contributed by atoms with Crippen LogP contribution in [-0.4, -0.2) is 44.6 Å². The van der Waals surface area contributed by atoms with Gasteiger partial charge in [0.2, 0.25) is 0 Å². The molecule has 0 bridgehead atoms. The average Bonchev–Trinajstić information content (AvgIpc) is 3.26. The largest absolute Gasteiger partial charge is 0.395 e. The van der Waals surface area contributed by atoms with E-state index in [2.05, 4.69) is 5.32 Å². The van der Waals surface area contributed by atoms with Crippen molar-refractivity contribution in [2.24, 2.45) is 0 Å². The van der Waals surface area contributed by atoms with Crippen LogP contribution in [0.5, 0.6) is 0 Å². The van der Waals surface area contributed by atoms with Crippen LogP contribution in [-0.2, 0) is 11.3 Å². The minimum Gasteiger partial charge on any atom is -0.395 e. The van der Waals surface area contributed by atoms with Crippen molar-refractivity contribution >= 4 is 5.69 Å². The van der Waals surface area contributed by atoms with Crippen LogP contribution in [0.15, 0.2) is 12.1 Å². The maximum Gasteiger partial charge on any atom is 0.149 e. The smallest absolute Gasteiger partial charge is 0.149 e. The summed E-state index contributed by atoms with van der Waals surface area (Å²) in [5.41, 5.74) is 0.493. The molecule has 2 rings (SSSR count). The summed E-state index contributed by atoms with van der Waals surface area (Å²) in [4.78, 5) is 1.46. The number of nitrogens with one attached hydrogen (secondary N) is 1. The molecule has 118 valence electrons. The predicted molar refractivity (Wildman–Crippen MR) is 77.4 cm³/mol. The van der Waals surface area contributed by atoms with E-state index in [1.54, 1.807) is 0 Å². The number of benzene rings is 1. The summed E-state index contributed by atoms with van der Waals surface area (Å²) >= 11 is 0. The lowest BCUT2D eigenvalue weighted by molar-refractivity contribution is 0.202. The molecule has 1 aromatic carbocycles. The van der Waals surface area contributed by atoms with Crippen LogP contribution in [0.3, 0.4) is 0 Å². The SMILES string of the molecule is COCCN(CCO)c1c(F)cc(CNC2CC2)cc1F. The molecule has 1 aliphatic rings. The number of rotatable bonds is 9. The van der Waals surface area contributed by atoms with Crippen molar-refractivity contribution in [3.63, 3.8) is 0 Å². The van der Waals surface area contributed by atoms with Crippen molar-refractivity contribution in [3.8, 4) is 0 Å². The number of ether oxygens (including phenoxy) is 1. The molecule has 1 aromatic rings. The van der Waals surface area contributed by atoms with Gasteiger partial charge in [-0.15, -0.1) is 0 Å². The molecule has 1 saturated carbocycles. The molecule has 1 fully saturated rings. The first-order valence-corrected chi connectivity index (χ1v) is 7.21. The molecule has 0 atom stereocenters. The van der Waals surface area contributed by atoms with Crippen LogP contribution >= 0.6 is 0 Å². The molecular formula is C15H22F2N2O2. The third-order valence-electron chi connectivity index (χ3n) is 3.50. The Morgan fingerprint density at radius 2 is 1.95 bits per heavy atom. The van der Waals surface area contributed by atoms with E-state index in [9.17, 15) is 8.78 Å². The van der Waals surface area contributed by atoms with E-state index in [0.29, 0.717) is 31.3 Å². The normalized spacial score (nSPS) is 14.5. The molecular weight excluding hydrogens is 278 g/mol. The first-order valence-electron chi connectivity index (χ1n) is 7.21. The molecule has 2 N–H and O–H groups in total. The zero-order chi connectivity index (χ0) is 15.2. The first-order chi connectivity index (χ1) is 10.2. The van der Waals surface area contributed by atoms with Crippen LogP contribution < -0.4 is 10.2 Å². The Bertz CT molecular complexity index is 444. The van der Waals surface area contributed by atoms with Gasteiger partial charge >= 0.3 is 0 Å².